The Balaban J connectivity index is 1.86. The predicted octanol–water partition coefficient (Wildman–Crippen LogP) is 0.831. The molecule has 1 aliphatic heterocycles. The van der Waals surface area contributed by atoms with E-state index in [1.807, 2.05) is 18.2 Å². The Labute approximate surface area is 82.9 Å². The molecule has 0 fully saturated rings. The van der Waals surface area contributed by atoms with Crippen LogP contribution in [-0.2, 0) is 11.3 Å². The standard InChI is InChI=1S/C10H13N3O/c11-10-8-13(12-14-10)7-6-9-4-2-1-3-5-9/h1-5,8,10H,6-7,11H2. The number of nitrogens with zero attached hydrogens (tertiary/aromatic N) is 2. The first kappa shape index (κ1) is 9.18. The Morgan fingerprint density at radius 1 is 1.36 bits per heavy atom. The van der Waals surface area contributed by atoms with E-state index in [2.05, 4.69) is 17.7 Å². The summed E-state index contributed by atoms with van der Waals surface area (Å²) in [7, 11) is 0. The highest BCUT2D eigenvalue weighted by atomic mass is 16.7. The van der Waals surface area contributed by atoms with Gasteiger partial charge in [-0.25, -0.2) is 0 Å². The SMILES string of the molecule is NC1C=[N+](CCc2ccccc2)[N-]O1. The van der Waals surface area contributed by atoms with Gasteiger partial charge in [-0.3, -0.25) is 10.4 Å². The molecular weight excluding hydrogens is 178 g/mol. The van der Waals surface area contributed by atoms with E-state index in [-0.39, 0.29) is 6.23 Å². The largest absolute Gasteiger partial charge is 0.381 e. The molecule has 0 amide bonds. The van der Waals surface area contributed by atoms with E-state index in [1.165, 1.54) is 5.56 Å². The Bertz CT molecular complexity index is 323. The third-order valence-corrected chi connectivity index (χ3v) is 2.07. The van der Waals surface area contributed by atoms with Crippen LogP contribution in [0.15, 0.2) is 30.3 Å². The fourth-order valence-electron chi connectivity index (χ4n) is 1.34. The Morgan fingerprint density at radius 3 is 2.79 bits per heavy atom. The van der Waals surface area contributed by atoms with Crippen LogP contribution in [0.5, 0.6) is 0 Å². The molecule has 0 spiro atoms. The maximum atomic E-state index is 5.48. The predicted molar refractivity (Wildman–Crippen MR) is 53.8 cm³/mol. The first-order chi connectivity index (χ1) is 6.84. The van der Waals surface area contributed by atoms with Gasteiger partial charge >= 0.3 is 0 Å². The lowest BCUT2D eigenvalue weighted by Gasteiger charge is -2.09. The van der Waals surface area contributed by atoms with Crippen LogP contribution in [0.1, 0.15) is 5.56 Å². The number of hydrogen-bond acceptors (Lipinski definition) is 2. The molecule has 0 radical (unpaired) electrons. The minimum atomic E-state index is -0.384. The molecule has 0 saturated heterocycles. The monoisotopic (exact) mass is 191 g/mol. The zero-order valence-electron chi connectivity index (χ0n) is 7.84. The van der Waals surface area contributed by atoms with Gasteiger partial charge in [-0.15, -0.1) is 0 Å². The fourth-order valence-corrected chi connectivity index (χ4v) is 1.34. The molecular formula is C10H13N3O. The minimum Gasteiger partial charge on any atom is -0.381 e. The molecule has 0 aromatic heterocycles. The lowest BCUT2D eigenvalue weighted by atomic mass is 10.1. The summed E-state index contributed by atoms with van der Waals surface area (Å²) >= 11 is 0. The summed E-state index contributed by atoms with van der Waals surface area (Å²) < 4.78 is 1.73. The van der Waals surface area contributed by atoms with E-state index in [4.69, 9.17) is 10.6 Å². The Hall–Kier alpha value is -1.39. The van der Waals surface area contributed by atoms with E-state index in [0.29, 0.717) is 0 Å². The Kier molecular flexibility index (Phi) is 2.76. The molecule has 1 aliphatic rings. The van der Waals surface area contributed by atoms with E-state index >= 15 is 0 Å². The van der Waals surface area contributed by atoms with Crippen molar-refractivity contribution in [2.24, 2.45) is 5.73 Å². The smallest absolute Gasteiger partial charge is 0.179 e. The molecule has 1 unspecified atom stereocenters. The van der Waals surface area contributed by atoms with Gasteiger partial charge in [-0.05, 0) is 5.56 Å². The molecule has 1 aromatic carbocycles. The molecule has 0 bridgehead atoms. The third kappa shape index (κ3) is 2.31. The van der Waals surface area contributed by atoms with Crippen molar-refractivity contribution in [3.8, 4) is 0 Å². The van der Waals surface area contributed by atoms with Crippen LogP contribution in [0, 0.1) is 0 Å². The van der Waals surface area contributed by atoms with Crippen molar-refractivity contribution in [2.75, 3.05) is 6.54 Å². The topological polar surface area (TPSA) is 52.4 Å². The van der Waals surface area contributed by atoms with Gasteiger partial charge in [0.2, 0.25) is 0 Å². The second-order valence-corrected chi connectivity index (χ2v) is 3.20. The molecule has 74 valence electrons. The van der Waals surface area contributed by atoms with Crippen molar-refractivity contribution >= 4 is 6.21 Å². The van der Waals surface area contributed by atoms with Gasteiger partial charge in [-0.1, -0.05) is 30.3 Å². The van der Waals surface area contributed by atoms with Gasteiger partial charge in [0.25, 0.3) is 0 Å². The lowest BCUT2D eigenvalue weighted by Crippen LogP contribution is -2.20. The van der Waals surface area contributed by atoms with Crippen molar-refractivity contribution in [1.82, 2.24) is 0 Å². The van der Waals surface area contributed by atoms with Crippen molar-refractivity contribution in [3.05, 3.63) is 41.5 Å². The minimum absolute atomic E-state index is 0.384. The number of hydrogen-bond donors (Lipinski definition) is 1. The number of nitrogens with two attached hydrogens (primary N) is 1. The summed E-state index contributed by atoms with van der Waals surface area (Å²) in [5.41, 5.74) is 10.6. The van der Waals surface area contributed by atoms with Crippen LogP contribution in [-0.4, -0.2) is 23.7 Å². The van der Waals surface area contributed by atoms with E-state index in [0.717, 1.165) is 13.0 Å². The van der Waals surface area contributed by atoms with Crippen molar-refractivity contribution < 1.29 is 9.52 Å². The van der Waals surface area contributed by atoms with Crippen molar-refractivity contribution in [3.63, 3.8) is 0 Å². The lowest BCUT2D eigenvalue weighted by molar-refractivity contribution is -0.491. The highest BCUT2D eigenvalue weighted by Gasteiger charge is 2.09. The highest BCUT2D eigenvalue weighted by molar-refractivity contribution is 5.57. The molecule has 0 aliphatic carbocycles. The Morgan fingerprint density at radius 2 is 2.14 bits per heavy atom. The molecule has 4 heteroatoms. The third-order valence-electron chi connectivity index (χ3n) is 2.07. The van der Waals surface area contributed by atoms with Gasteiger partial charge < -0.3 is 10.4 Å². The molecule has 1 heterocycles. The van der Waals surface area contributed by atoms with Crippen molar-refractivity contribution in [1.29, 1.82) is 0 Å². The fraction of sp³-hybridized carbons (Fsp3) is 0.300. The number of benzene rings is 1. The summed E-state index contributed by atoms with van der Waals surface area (Å²) in [6.07, 6.45) is 2.32. The molecule has 4 nitrogen and oxygen atoms in total. The maximum absolute atomic E-state index is 5.48. The van der Waals surface area contributed by atoms with Gasteiger partial charge in [-0.2, -0.15) is 0 Å². The summed E-state index contributed by atoms with van der Waals surface area (Å²) in [5.74, 6) is 0. The maximum Gasteiger partial charge on any atom is 0.179 e. The van der Waals surface area contributed by atoms with E-state index in [1.54, 1.807) is 10.9 Å². The van der Waals surface area contributed by atoms with E-state index < -0.39 is 0 Å². The molecule has 2 rings (SSSR count). The summed E-state index contributed by atoms with van der Waals surface area (Å²) in [6.45, 7) is 0.803. The molecule has 14 heavy (non-hydrogen) atoms. The highest BCUT2D eigenvalue weighted by Crippen LogP contribution is 2.05. The van der Waals surface area contributed by atoms with Crippen LogP contribution >= 0.6 is 0 Å². The zero-order valence-corrected chi connectivity index (χ0v) is 7.84. The van der Waals surface area contributed by atoms with Crippen LogP contribution in [0.25, 0.3) is 5.59 Å². The average molecular weight is 191 g/mol. The first-order valence-electron chi connectivity index (χ1n) is 4.62. The zero-order chi connectivity index (χ0) is 9.80. The van der Waals surface area contributed by atoms with Gasteiger partial charge in [0.15, 0.2) is 12.4 Å². The van der Waals surface area contributed by atoms with Crippen LogP contribution < -0.4 is 5.73 Å². The van der Waals surface area contributed by atoms with Gasteiger partial charge in [0.1, 0.15) is 6.54 Å². The molecule has 2 N–H and O–H groups in total. The first-order valence-corrected chi connectivity index (χ1v) is 4.62. The summed E-state index contributed by atoms with van der Waals surface area (Å²) in [6, 6.07) is 10.3. The normalized spacial score (nSPS) is 20.4. The molecule has 1 aromatic rings. The second-order valence-electron chi connectivity index (χ2n) is 3.20. The van der Waals surface area contributed by atoms with Crippen LogP contribution in [0.4, 0.5) is 0 Å². The summed E-state index contributed by atoms with van der Waals surface area (Å²) in [5, 5.41) is 0. The van der Waals surface area contributed by atoms with Crippen LogP contribution in [0.2, 0.25) is 0 Å². The summed E-state index contributed by atoms with van der Waals surface area (Å²) in [4.78, 5) is 4.83. The second kappa shape index (κ2) is 4.21. The molecule has 0 saturated carbocycles. The number of rotatable bonds is 3. The van der Waals surface area contributed by atoms with E-state index in [9.17, 15) is 0 Å². The molecule has 1 atom stereocenters. The average Bonchev–Trinajstić information content (AvgIpc) is 2.63. The van der Waals surface area contributed by atoms with Gasteiger partial charge in [0.05, 0.1) is 0 Å². The van der Waals surface area contributed by atoms with Crippen LogP contribution in [0.3, 0.4) is 0 Å². The quantitative estimate of drug-likeness (QED) is 0.719. The van der Waals surface area contributed by atoms with Gasteiger partial charge in [0, 0.05) is 6.42 Å². The van der Waals surface area contributed by atoms with Crippen molar-refractivity contribution in [2.45, 2.75) is 12.6 Å².